The highest BCUT2D eigenvalue weighted by Gasteiger charge is 2.64. The Hall–Kier alpha value is -0.950. The molecule has 4 aliphatic rings. The molecule has 0 aromatic heterocycles. The first kappa shape index (κ1) is 19.4. The van der Waals surface area contributed by atoms with Crippen LogP contribution in [0.3, 0.4) is 0 Å². The summed E-state index contributed by atoms with van der Waals surface area (Å²) in [5.74, 6) is -0.331. The van der Waals surface area contributed by atoms with Gasteiger partial charge in [-0.15, -0.1) is 0 Å². The van der Waals surface area contributed by atoms with E-state index < -0.39 is 11.5 Å². The molecule has 0 unspecified atom stereocenters. The number of fused-ring (bicyclic) bond motifs is 5. The van der Waals surface area contributed by atoms with E-state index in [1.54, 1.807) is 6.92 Å². The van der Waals surface area contributed by atoms with Crippen molar-refractivity contribution in [3.05, 3.63) is 11.6 Å². The minimum Gasteiger partial charge on any atom is -0.462 e. The molecule has 0 aromatic rings. The van der Waals surface area contributed by atoms with Crippen LogP contribution in [0.5, 0.6) is 0 Å². The summed E-state index contributed by atoms with van der Waals surface area (Å²) < 4.78 is 12.1. The molecule has 8 atom stereocenters. The molecular formula is C21H32O6. The number of carbonyl (C=O) groups is 1. The minimum absolute atomic E-state index is 0.0485. The Morgan fingerprint density at radius 2 is 2.11 bits per heavy atom. The molecule has 3 N–H and O–H groups in total. The van der Waals surface area contributed by atoms with Gasteiger partial charge in [-0.25, -0.2) is 0 Å². The van der Waals surface area contributed by atoms with Crippen molar-refractivity contribution < 1.29 is 29.6 Å². The monoisotopic (exact) mass is 380 g/mol. The van der Waals surface area contributed by atoms with Crippen molar-refractivity contribution in [1.82, 2.24) is 0 Å². The number of esters is 1. The van der Waals surface area contributed by atoms with Crippen molar-refractivity contribution in [3.63, 3.8) is 0 Å². The Morgan fingerprint density at radius 3 is 2.81 bits per heavy atom. The predicted molar refractivity (Wildman–Crippen MR) is 97.7 cm³/mol. The summed E-state index contributed by atoms with van der Waals surface area (Å²) in [6, 6.07) is 0. The first-order chi connectivity index (χ1) is 12.9. The van der Waals surface area contributed by atoms with Gasteiger partial charge < -0.3 is 24.8 Å². The zero-order valence-corrected chi connectivity index (χ0v) is 16.3. The van der Waals surface area contributed by atoms with Crippen LogP contribution in [0.25, 0.3) is 0 Å². The van der Waals surface area contributed by atoms with Crippen molar-refractivity contribution >= 4 is 5.97 Å². The van der Waals surface area contributed by atoms with E-state index in [1.807, 2.05) is 6.08 Å². The van der Waals surface area contributed by atoms with Crippen LogP contribution in [0.4, 0.5) is 0 Å². The molecule has 1 aliphatic heterocycles. The third-order valence-corrected chi connectivity index (χ3v) is 7.90. The fourth-order valence-electron chi connectivity index (χ4n) is 6.31. The van der Waals surface area contributed by atoms with Gasteiger partial charge in [-0.1, -0.05) is 25.5 Å². The van der Waals surface area contributed by atoms with Crippen LogP contribution in [-0.2, 0) is 14.3 Å². The number of aliphatic hydroxyl groups is 3. The third-order valence-electron chi connectivity index (χ3n) is 7.90. The van der Waals surface area contributed by atoms with Crippen LogP contribution in [0.2, 0.25) is 0 Å². The van der Waals surface area contributed by atoms with Crippen molar-refractivity contribution in [2.24, 2.45) is 22.7 Å². The second kappa shape index (κ2) is 6.83. The van der Waals surface area contributed by atoms with Crippen molar-refractivity contribution in [2.45, 2.75) is 76.8 Å². The maximum Gasteiger partial charge on any atom is 0.305 e. The number of aliphatic hydroxyl groups excluding tert-OH is 3. The number of carbonyl (C=O) groups excluding carboxylic acids is 1. The van der Waals surface area contributed by atoms with E-state index in [0.717, 1.165) is 24.8 Å². The van der Waals surface area contributed by atoms with Crippen molar-refractivity contribution in [3.8, 4) is 0 Å². The van der Waals surface area contributed by atoms with Crippen LogP contribution in [0.15, 0.2) is 11.6 Å². The van der Waals surface area contributed by atoms with Crippen molar-refractivity contribution in [2.75, 3.05) is 13.2 Å². The quantitative estimate of drug-likeness (QED) is 0.508. The fourth-order valence-corrected chi connectivity index (χ4v) is 6.31. The second-order valence-corrected chi connectivity index (χ2v) is 9.21. The maximum atomic E-state index is 11.9. The first-order valence-electron chi connectivity index (χ1n) is 10.3. The van der Waals surface area contributed by atoms with E-state index in [1.165, 1.54) is 0 Å². The summed E-state index contributed by atoms with van der Waals surface area (Å²) >= 11 is 0. The summed E-state index contributed by atoms with van der Waals surface area (Å²) in [7, 11) is 0. The Morgan fingerprint density at radius 1 is 1.33 bits per heavy atom. The summed E-state index contributed by atoms with van der Waals surface area (Å²) in [6.45, 7) is 4.18. The molecule has 2 saturated carbocycles. The second-order valence-electron chi connectivity index (χ2n) is 9.21. The lowest BCUT2D eigenvalue weighted by molar-refractivity contribution is -0.225. The Kier molecular flexibility index (Phi) is 4.90. The lowest BCUT2D eigenvalue weighted by Crippen LogP contribution is -2.62. The van der Waals surface area contributed by atoms with Gasteiger partial charge in [0.2, 0.25) is 0 Å². The maximum absolute atomic E-state index is 11.9. The normalized spacial score (nSPS) is 48.9. The van der Waals surface area contributed by atoms with Gasteiger partial charge in [0.25, 0.3) is 0 Å². The minimum atomic E-state index is -0.666. The van der Waals surface area contributed by atoms with Crippen LogP contribution < -0.4 is 0 Å². The van der Waals surface area contributed by atoms with Crippen LogP contribution >= 0.6 is 0 Å². The van der Waals surface area contributed by atoms with Crippen molar-refractivity contribution in [1.29, 1.82) is 0 Å². The highest BCUT2D eigenvalue weighted by Crippen LogP contribution is 2.60. The Labute approximate surface area is 160 Å². The third kappa shape index (κ3) is 2.79. The molecule has 152 valence electrons. The largest absolute Gasteiger partial charge is 0.462 e. The van der Waals surface area contributed by atoms with Gasteiger partial charge in [0.05, 0.1) is 36.9 Å². The Balaban J connectivity index is 1.66. The van der Waals surface area contributed by atoms with Gasteiger partial charge in [0.1, 0.15) is 6.10 Å². The standard InChI is InChI=1S/C21H32O6/c1-3-17(25)27-16-5-4-14-18-15(24)9-12-8-13(23)6-7-20(12,2)19(18)26-11-21(14,16)10-22/h9,13-16,18-19,22-24H,3-8,10-11H2,1-2H3/t13-,14-,15-,16-,18+,19-,20-,21-/m0/s1. The molecule has 0 amide bonds. The van der Waals surface area contributed by atoms with Crippen LogP contribution in [0.1, 0.15) is 52.4 Å². The highest BCUT2D eigenvalue weighted by molar-refractivity contribution is 5.69. The first-order valence-corrected chi connectivity index (χ1v) is 10.3. The zero-order chi connectivity index (χ0) is 19.4. The van der Waals surface area contributed by atoms with Gasteiger partial charge >= 0.3 is 5.97 Å². The van der Waals surface area contributed by atoms with Gasteiger partial charge in [-0.2, -0.15) is 0 Å². The van der Waals surface area contributed by atoms with E-state index in [2.05, 4.69) is 6.92 Å². The molecule has 0 spiro atoms. The molecule has 6 heteroatoms. The average molecular weight is 380 g/mol. The highest BCUT2D eigenvalue weighted by atomic mass is 16.6. The molecule has 0 aromatic carbocycles. The number of hydrogen-bond acceptors (Lipinski definition) is 6. The lowest BCUT2D eigenvalue weighted by atomic mass is 9.54. The summed E-state index contributed by atoms with van der Waals surface area (Å²) in [5, 5.41) is 31.4. The number of hydrogen-bond donors (Lipinski definition) is 3. The van der Waals surface area contributed by atoms with E-state index >= 15 is 0 Å². The molecule has 1 saturated heterocycles. The molecule has 6 nitrogen and oxygen atoms in total. The summed E-state index contributed by atoms with van der Waals surface area (Å²) in [5.41, 5.74) is 0.268. The molecule has 3 aliphatic carbocycles. The summed E-state index contributed by atoms with van der Waals surface area (Å²) in [4.78, 5) is 11.9. The SMILES string of the molecule is CCC(=O)O[C@H]1CC[C@H]2[C@@H]3[C@@H](O)C=C4C[C@@H](O)CC[C@]4(C)[C@H]3OC[C@]12CO. The van der Waals surface area contributed by atoms with E-state index in [-0.39, 0.29) is 48.1 Å². The number of ether oxygens (including phenoxy) is 2. The molecule has 27 heavy (non-hydrogen) atoms. The zero-order valence-electron chi connectivity index (χ0n) is 16.3. The molecule has 0 radical (unpaired) electrons. The van der Waals surface area contributed by atoms with Crippen LogP contribution in [-0.4, -0.2) is 58.9 Å². The van der Waals surface area contributed by atoms with E-state index in [0.29, 0.717) is 25.9 Å². The molecule has 4 rings (SSSR count). The van der Waals surface area contributed by atoms with Gasteiger partial charge in [-0.3, -0.25) is 4.79 Å². The lowest BCUT2D eigenvalue weighted by Gasteiger charge is -2.58. The topological polar surface area (TPSA) is 96.2 Å². The van der Waals surface area contributed by atoms with E-state index in [9.17, 15) is 20.1 Å². The smallest absolute Gasteiger partial charge is 0.305 e. The number of rotatable bonds is 3. The Bertz CT molecular complexity index is 632. The molecule has 1 heterocycles. The molecular weight excluding hydrogens is 348 g/mol. The molecule has 3 fully saturated rings. The van der Waals surface area contributed by atoms with E-state index in [4.69, 9.17) is 9.47 Å². The predicted octanol–water partition coefficient (Wildman–Crippen LogP) is 1.56. The molecule has 0 bridgehead atoms. The van der Waals surface area contributed by atoms with Gasteiger partial charge in [0, 0.05) is 17.8 Å². The van der Waals surface area contributed by atoms with Gasteiger partial charge in [0.15, 0.2) is 0 Å². The summed E-state index contributed by atoms with van der Waals surface area (Å²) in [6.07, 6.45) is 4.39. The van der Waals surface area contributed by atoms with Gasteiger partial charge in [-0.05, 0) is 38.0 Å². The van der Waals surface area contributed by atoms with Crippen LogP contribution in [0, 0.1) is 22.7 Å². The fraction of sp³-hybridized carbons (Fsp3) is 0.857. The average Bonchev–Trinajstić information content (AvgIpc) is 3.02.